The van der Waals surface area contributed by atoms with Crippen LogP contribution in [0.4, 0.5) is 5.82 Å². The molecular formula is C14H27N3O15P2. The number of rotatable bonds is 10. The molecule has 20 heteroatoms. The van der Waals surface area contributed by atoms with E-state index in [1.807, 2.05) is 0 Å². The Bertz CT molecular complexity index is 922. The van der Waals surface area contributed by atoms with E-state index < -0.39 is 64.7 Å². The van der Waals surface area contributed by atoms with Gasteiger partial charge in [-0.15, -0.1) is 0 Å². The van der Waals surface area contributed by atoms with Gasteiger partial charge in [-0.25, -0.2) is 13.9 Å². The Morgan fingerprint density at radius 2 is 1.82 bits per heavy atom. The highest BCUT2D eigenvalue weighted by molar-refractivity contribution is 7.60. The molecule has 0 spiro atoms. The molecule has 1 aliphatic heterocycles. The van der Waals surface area contributed by atoms with Crippen LogP contribution in [0.15, 0.2) is 17.1 Å². The molecule has 1 aliphatic rings. The first kappa shape index (κ1) is 30.7. The van der Waals surface area contributed by atoms with E-state index in [4.69, 9.17) is 40.5 Å². The largest absolute Gasteiger partial charge is 0.481 e. The molecule has 18 nitrogen and oxygen atoms in total. The van der Waals surface area contributed by atoms with E-state index in [0.29, 0.717) is 0 Å². The van der Waals surface area contributed by atoms with Gasteiger partial charge in [-0.2, -0.15) is 9.29 Å². The minimum atomic E-state index is -5.30. The van der Waals surface area contributed by atoms with Crippen LogP contribution in [0.25, 0.3) is 0 Å². The van der Waals surface area contributed by atoms with Crippen LogP contribution in [0.5, 0.6) is 0 Å². The number of phosphoric ester groups is 1. The Labute approximate surface area is 191 Å². The Morgan fingerprint density at radius 1 is 1.21 bits per heavy atom. The van der Waals surface area contributed by atoms with Crippen LogP contribution in [-0.2, 0) is 27.4 Å². The molecule has 1 aromatic heterocycles. The first-order valence-corrected chi connectivity index (χ1v) is 12.2. The molecule has 1 saturated heterocycles. The zero-order valence-corrected chi connectivity index (χ0v) is 19.3. The molecule has 1 aromatic rings. The fourth-order valence-corrected chi connectivity index (χ4v) is 4.11. The summed E-state index contributed by atoms with van der Waals surface area (Å²) in [7, 11) is -9.10. The van der Waals surface area contributed by atoms with E-state index >= 15 is 0 Å². The van der Waals surface area contributed by atoms with Gasteiger partial charge in [0.15, 0.2) is 6.23 Å². The first-order valence-electron chi connectivity index (χ1n) is 9.18. The Hall–Kier alpha value is -1.34. The second-order valence-corrected chi connectivity index (χ2v) is 9.46. The molecule has 2 heterocycles. The van der Waals surface area contributed by atoms with Gasteiger partial charge in [-0.3, -0.25) is 9.09 Å². The second-order valence-electron chi connectivity index (χ2n) is 6.63. The van der Waals surface area contributed by atoms with E-state index in [-0.39, 0.29) is 19.0 Å². The van der Waals surface area contributed by atoms with Gasteiger partial charge >= 0.3 is 21.3 Å². The lowest BCUT2D eigenvalue weighted by molar-refractivity contribution is -0.0607. The van der Waals surface area contributed by atoms with Crippen LogP contribution >= 0.6 is 15.6 Å². The van der Waals surface area contributed by atoms with Gasteiger partial charge in [0.2, 0.25) is 0 Å². The summed E-state index contributed by atoms with van der Waals surface area (Å²) in [6.07, 6.45) is -6.59. The van der Waals surface area contributed by atoms with E-state index in [1.54, 1.807) is 0 Å². The van der Waals surface area contributed by atoms with Crippen molar-refractivity contribution in [2.75, 3.05) is 32.7 Å². The highest BCUT2D eigenvalue weighted by Gasteiger charge is 2.45. The molecule has 10 N–H and O–H groups in total. The number of ether oxygens (including phenoxy) is 2. The van der Waals surface area contributed by atoms with Crippen LogP contribution in [0.1, 0.15) is 6.23 Å². The van der Waals surface area contributed by atoms with Gasteiger partial charge in [-0.05, 0) is 6.07 Å². The molecule has 198 valence electrons. The molecule has 0 amide bonds. The van der Waals surface area contributed by atoms with Gasteiger partial charge in [0.05, 0.1) is 19.8 Å². The minimum absolute atomic E-state index is 0.0787. The number of nitrogens with two attached hydrogens (primary N) is 1. The van der Waals surface area contributed by atoms with E-state index in [1.165, 1.54) is 13.2 Å². The SMILES string of the molecule is CO[C@@H](CO)[C@H](O)CO.Nc1ccn([C@@H]2O[C@H](COP(=O)(O)OP(=O)(O)O)[C@@H](O)[C@H]2O)c(=O)n1. The lowest BCUT2D eigenvalue weighted by atomic mass is 10.1. The number of aliphatic hydroxyl groups excluding tert-OH is 5. The Balaban J connectivity index is 0.000000546. The fraction of sp³-hybridized carbons (Fsp3) is 0.714. The lowest BCUT2D eigenvalue weighted by Crippen LogP contribution is -2.36. The quantitative estimate of drug-likeness (QED) is 0.128. The molecule has 0 bridgehead atoms. The summed E-state index contributed by atoms with van der Waals surface area (Å²) >= 11 is 0. The van der Waals surface area contributed by atoms with Crippen molar-refractivity contribution in [3.8, 4) is 0 Å². The predicted octanol–water partition coefficient (Wildman–Crippen LogP) is -3.98. The second kappa shape index (κ2) is 13.1. The van der Waals surface area contributed by atoms with Gasteiger partial charge in [0.1, 0.15) is 36.3 Å². The smallest absolute Gasteiger partial charge is 0.394 e. The summed E-state index contributed by atoms with van der Waals surface area (Å²) in [6.45, 7) is -1.54. The van der Waals surface area contributed by atoms with Crippen molar-refractivity contribution in [3.63, 3.8) is 0 Å². The van der Waals surface area contributed by atoms with Gasteiger partial charge in [-0.1, -0.05) is 0 Å². The minimum Gasteiger partial charge on any atom is -0.394 e. The number of hydrogen-bond acceptors (Lipinski definition) is 14. The van der Waals surface area contributed by atoms with Crippen molar-refractivity contribution < 1.29 is 67.7 Å². The molecule has 34 heavy (non-hydrogen) atoms. The monoisotopic (exact) mass is 539 g/mol. The number of phosphoric acid groups is 2. The summed E-state index contributed by atoms with van der Waals surface area (Å²) in [5, 5.41) is 45.4. The number of aromatic nitrogens is 2. The van der Waals surface area contributed by atoms with Crippen LogP contribution < -0.4 is 11.4 Å². The topological polar surface area (TPSA) is 294 Å². The highest BCUT2D eigenvalue weighted by atomic mass is 31.3. The summed E-state index contributed by atoms with van der Waals surface area (Å²) in [5.74, 6) is -0.0787. The van der Waals surface area contributed by atoms with Crippen molar-refractivity contribution in [2.45, 2.75) is 36.7 Å². The predicted molar refractivity (Wildman–Crippen MR) is 109 cm³/mol. The highest BCUT2D eigenvalue weighted by Crippen LogP contribution is 2.57. The van der Waals surface area contributed by atoms with Crippen LogP contribution in [0, 0.1) is 0 Å². The number of aliphatic hydroxyl groups is 5. The molecule has 0 saturated carbocycles. The third kappa shape index (κ3) is 9.37. The third-order valence-electron chi connectivity index (χ3n) is 4.17. The molecule has 0 aliphatic carbocycles. The summed E-state index contributed by atoms with van der Waals surface area (Å²) < 4.78 is 40.4. The number of nitrogen functional groups attached to an aromatic ring is 1. The van der Waals surface area contributed by atoms with Gasteiger partial charge in [0, 0.05) is 13.3 Å². The molecule has 7 atom stereocenters. The van der Waals surface area contributed by atoms with E-state index in [2.05, 4.69) is 18.6 Å². The van der Waals surface area contributed by atoms with E-state index in [9.17, 15) is 24.1 Å². The van der Waals surface area contributed by atoms with Crippen LogP contribution in [0.3, 0.4) is 0 Å². The van der Waals surface area contributed by atoms with Crippen molar-refractivity contribution in [1.29, 1.82) is 0 Å². The van der Waals surface area contributed by atoms with Crippen molar-refractivity contribution in [1.82, 2.24) is 9.55 Å². The normalized spacial score (nSPS) is 26.3. The maximum Gasteiger partial charge on any atom is 0.481 e. The van der Waals surface area contributed by atoms with Crippen LogP contribution in [-0.4, -0.2) is 107 Å². The standard InChI is InChI=1S/C9H15N3O11P2.C5H12O4/c10-5-1-2-12(9(15)11-5)8-7(14)6(13)4(22-8)3-21-25(19,20)23-24(16,17)18;1-9-5(3-7)4(8)2-6/h1-2,4,6-8,13-14H,3H2,(H,19,20)(H2,10,11,15)(H2,16,17,18);4-8H,2-3H2,1H3/t4-,6-,7-,8-;4-,5+/m11/s1. The lowest BCUT2D eigenvalue weighted by Gasteiger charge is -2.17. The molecule has 0 radical (unpaired) electrons. The maximum atomic E-state index is 11.7. The molecule has 0 aromatic carbocycles. The Morgan fingerprint density at radius 3 is 2.26 bits per heavy atom. The van der Waals surface area contributed by atoms with Crippen molar-refractivity contribution in [3.05, 3.63) is 22.7 Å². The third-order valence-corrected chi connectivity index (χ3v) is 6.33. The summed E-state index contributed by atoms with van der Waals surface area (Å²) in [4.78, 5) is 41.3. The van der Waals surface area contributed by atoms with E-state index in [0.717, 1.165) is 10.8 Å². The number of methoxy groups -OCH3 is 1. The number of hydrogen-bond donors (Lipinski definition) is 9. The number of anilines is 1. The van der Waals surface area contributed by atoms with Crippen LogP contribution in [0.2, 0.25) is 0 Å². The number of nitrogens with zero attached hydrogens (tertiary/aromatic N) is 2. The molecular weight excluding hydrogens is 512 g/mol. The maximum absolute atomic E-state index is 11.7. The summed E-state index contributed by atoms with van der Waals surface area (Å²) in [6, 6.07) is 1.24. The van der Waals surface area contributed by atoms with Gasteiger partial charge < -0.3 is 55.4 Å². The molecule has 1 unspecified atom stereocenters. The average Bonchev–Trinajstić information content (AvgIpc) is 3.00. The zero-order valence-electron chi connectivity index (χ0n) is 17.5. The fourth-order valence-electron chi connectivity index (χ4n) is 2.51. The Kier molecular flexibility index (Phi) is 11.8. The molecule has 2 rings (SSSR count). The average molecular weight is 539 g/mol. The molecule has 1 fully saturated rings. The van der Waals surface area contributed by atoms with Gasteiger partial charge in [0.25, 0.3) is 0 Å². The van der Waals surface area contributed by atoms with Crippen molar-refractivity contribution >= 4 is 21.5 Å². The first-order chi connectivity index (χ1) is 15.7. The summed E-state index contributed by atoms with van der Waals surface area (Å²) in [5.41, 5.74) is 4.45. The van der Waals surface area contributed by atoms with Crippen molar-refractivity contribution in [2.24, 2.45) is 0 Å². The zero-order chi connectivity index (χ0) is 26.3.